The Bertz CT molecular complexity index is 457. The molecule has 2 rings (SSSR count). The molecule has 0 amide bonds. The quantitative estimate of drug-likeness (QED) is 0.558. The minimum Gasteiger partial charge on any atom is -0.395 e. The number of rotatable bonds is 2. The Morgan fingerprint density at radius 2 is 2.29 bits per heavy atom. The standard InChI is InChI=1S/C10H7NO2S/c1-2-9(12)13-10-11-7-5-3-4-6-8(7)14-10/h2-6H,1H2. The molecule has 2 aromatic rings. The van der Waals surface area contributed by atoms with Crippen LogP contribution in [0.5, 0.6) is 5.19 Å². The molecule has 0 bridgehead atoms. The Morgan fingerprint density at radius 1 is 1.50 bits per heavy atom. The van der Waals surface area contributed by atoms with Crippen LogP contribution in [-0.4, -0.2) is 11.0 Å². The lowest BCUT2D eigenvalue weighted by molar-refractivity contribution is -0.128. The number of nitrogens with zero attached hydrogens (tertiary/aromatic N) is 1. The average molecular weight is 205 g/mol. The van der Waals surface area contributed by atoms with E-state index in [1.807, 2.05) is 24.3 Å². The van der Waals surface area contributed by atoms with Gasteiger partial charge in [-0.05, 0) is 12.1 Å². The summed E-state index contributed by atoms with van der Waals surface area (Å²) in [5.41, 5.74) is 0.837. The highest BCUT2D eigenvalue weighted by atomic mass is 32.1. The maximum atomic E-state index is 10.9. The molecule has 0 radical (unpaired) electrons. The second-order valence-corrected chi connectivity index (χ2v) is 3.57. The molecule has 0 atom stereocenters. The van der Waals surface area contributed by atoms with E-state index in [1.54, 1.807) is 0 Å². The molecule has 1 aromatic heterocycles. The van der Waals surface area contributed by atoms with Gasteiger partial charge >= 0.3 is 5.97 Å². The van der Waals surface area contributed by atoms with Crippen LogP contribution >= 0.6 is 11.3 Å². The second kappa shape index (κ2) is 3.59. The van der Waals surface area contributed by atoms with E-state index in [0.29, 0.717) is 5.19 Å². The van der Waals surface area contributed by atoms with Gasteiger partial charge in [0, 0.05) is 6.08 Å². The van der Waals surface area contributed by atoms with E-state index in [2.05, 4.69) is 11.6 Å². The summed E-state index contributed by atoms with van der Waals surface area (Å²) in [6.45, 7) is 3.31. The maximum Gasteiger partial charge on any atom is 0.337 e. The van der Waals surface area contributed by atoms with Crippen molar-refractivity contribution in [2.45, 2.75) is 0 Å². The number of hydrogen-bond acceptors (Lipinski definition) is 4. The summed E-state index contributed by atoms with van der Waals surface area (Å²) in [5.74, 6) is -0.482. The van der Waals surface area contributed by atoms with Crippen LogP contribution in [0, 0.1) is 0 Å². The van der Waals surface area contributed by atoms with Crippen molar-refractivity contribution in [3.8, 4) is 5.19 Å². The second-order valence-electron chi connectivity index (χ2n) is 2.57. The minimum atomic E-state index is -0.482. The number of esters is 1. The van der Waals surface area contributed by atoms with Gasteiger partial charge in [0.2, 0.25) is 0 Å². The summed E-state index contributed by atoms with van der Waals surface area (Å²) in [4.78, 5) is 15.0. The Hall–Kier alpha value is -1.68. The first-order valence-corrected chi connectivity index (χ1v) is 4.81. The molecule has 0 aliphatic heterocycles. The van der Waals surface area contributed by atoms with Gasteiger partial charge in [-0.15, -0.1) is 0 Å². The first kappa shape index (κ1) is 8.90. The van der Waals surface area contributed by atoms with Gasteiger partial charge in [-0.1, -0.05) is 30.0 Å². The molecule has 1 aromatic carbocycles. The van der Waals surface area contributed by atoms with E-state index in [1.165, 1.54) is 11.3 Å². The molecular weight excluding hydrogens is 198 g/mol. The lowest BCUT2D eigenvalue weighted by atomic mass is 10.3. The Kier molecular flexibility index (Phi) is 2.28. The highest BCUT2D eigenvalue weighted by Crippen LogP contribution is 2.27. The molecule has 0 fully saturated rings. The van der Waals surface area contributed by atoms with E-state index in [4.69, 9.17) is 4.74 Å². The number of ether oxygens (including phenoxy) is 1. The van der Waals surface area contributed by atoms with Crippen LogP contribution in [0.25, 0.3) is 10.2 Å². The van der Waals surface area contributed by atoms with E-state index >= 15 is 0 Å². The number of benzene rings is 1. The van der Waals surface area contributed by atoms with Crippen LogP contribution in [-0.2, 0) is 4.79 Å². The number of hydrogen-bond donors (Lipinski definition) is 0. The molecule has 0 N–H and O–H groups in total. The number of aromatic nitrogens is 1. The van der Waals surface area contributed by atoms with Gasteiger partial charge < -0.3 is 4.74 Å². The van der Waals surface area contributed by atoms with Crippen molar-refractivity contribution in [2.24, 2.45) is 0 Å². The largest absolute Gasteiger partial charge is 0.395 e. The fourth-order valence-electron chi connectivity index (χ4n) is 1.02. The molecule has 0 aliphatic rings. The fraction of sp³-hybridized carbons (Fsp3) is 0. The van der Waals surface area contributed by atoms with Crippen molar-refractivity contribution in [3.05, 3.63) is 36.9 Å². The van der Waals surface area contributed by atoms with Crippen LogP contribution in [0.4, 0.5) is 0 Å². The molecule has 14 heavy (non-hydrogen) atoms. The van der Waals surface area contributed by atoms with Crippen molar-refractivity contribution in [1.29, 1.82) is 0 Å². The summed E-state index contributed by atoms with van der Waals surface area (Å²) < 4.78 is 5.90. The van der Waals surface area contributed by atoms with Crippen molar-refractivity contribution in [3.63, 3.8) is 0 Å². The number of thiazole rings is 1. The molecule has 70 valence electrons. The first-order chi connectivity index (χ1) is 6.79. The normalized spacial score (nSPS) is 10.0. The lowest BCUT2D eigenvalue weighted by Crippen LogP contribution is -2.02. The number of para-hydroxylation sites is 1. The molecular formula is C10H7NO2S. The molecule has 1 heterocycles. The zero-order valence-electron chi connectivity index (χ0n) is 7.27. The number of carbonyl (C=O) groups excluding carboxylic acids is 1. The number of carbonyl (C=O) groups is 1. The van der Waals surface area contributed by atoms with Gasteiger partial charge in [-0.3, -0.25) is 0 Å². The van der Waals surface area contributed by atoms with Crippen LogP contribution in [0.3, 0.4) is 0 Å². The van der Waals surface area contributed by atoms with Crippen LogP contribution in [0.2, 0.25) is 0 Å². The molecule has 0 unspecified atom stereocenters. The van der Waals surface area contributed by atoms with Crippen molar-refractivity contribution in [1.82, 2.24) is 4.98 Å². The van der Waals surface area contributed by atoms with E-state index in [9.17, 15) is 4.79 Å². The summed E-state index contributed by atoms with van der Waals surface area (Å²) in [6, 6.07) is 7.61. The van der Waals surface area contributed by atoms with Crippen LogP contribution < -0.4 is 4.74 Å². The zero-order valence-corrected chi connectivity index (χ0v) is 8.08. The van der Waals surface area contributed by atoms with Gasteiger partial charge in [0.15, 0.2) is 0 Å². The van der Waals surface area contributed by atoms with Gasteiger partial charge in [-0.2, -0.15) is 0 Å². The molecule has 3 nitrogen and oxygen atoms in total. The third-order valence-corrected chi connectivity index (χ3v) is 2.54. The first-order valence-electron chi connectivity index (χ1n) is 3.99. The molecule has 0 saturated carbocycles. The Morgan fingerprint density at radius 3 is 3.00 bits per heavy atom. The molecule has 0 spiro atoms. The van der Waals surface area contributed by atoms with Crippen molar-refractivity contribution in [2.75, 3.05) is 0 Å². The maximum absolute atomic E-state index is 10.9. The minimum absolute atomic E-state index is 0.358. The van der Waals surface area contributed by atoms with E-state index in [0.717, 1.165) is 16.3 Å². The van der Waals surface area contributed by atoms with Gasteiger partial charge in [0.25, 0.3) is 5.19 Å². The zero-order chi connectivity index (χ0) is 9.97. The average Bonchev–Trinajstić information content (AvgIpc) is 2.59. The molecule has 0 saturated heterocycles. The lowest BCUT2D eigenvalue weighted by Gasteiger charge is -1.91. The van der Waals surface area contributed by atoms with Crippen molar-refractivity contribution < 1.29 is 9.53 Å². The van der Waals surface area contributed by atoms with E-state index in [-0.39, 0.29) is 0 Å². The summed E-state index contributed by atoms with van der Waals surface area (Å²) >= 11 is 1.34. The fourth-order valence-corrected chi connectivity index (χ4v) is 1.84. The SMILES string of the molecule is C=CC(=O)Oc1nc2ccccc2s1. The summed E-state index contributed by atoms with van der Waals surface area (Å²) in [5, 5.41) is 0.358. The smallest absolute Gasteiger partial charge is 0.337 e. The van der Waals surface area contributed by atoms with E-state index < -0.39 is 5.97 Å². The summed E-state index contributed by atoms with van der Waals surface area (Å²) in [6.07, 6.45) is 1.12. The Balaban J connectivity index is 2.35. The third kappa shape index (κ3) is 1.65. The summed E-state index contributed by atoms with van der Waals surface area (Å²) in [7, 11) is 0. The monoisotopic (exact) mass is 205 g/mol. The topological polar surface area (TPSA) is 39.2 Å². The van der Waals surface area contributed by atoms with Crippen LogP contribution in [0.1, 0.15) is 0 Å². The van der Waals surface area contributed by atoms with Gasteiger partial charge in [0.1, 0.15) is 0 Å². The predicted octanol–water partition coefficient (Wildman–Crippen LogP) is 2.39. The third-order valence-electron chi connectivity index (χ3n) is 1.63. The van der Waals surface area contributed by atoms with Gasteiger partial charge in [0.05, 0.1) is 10.2 Å². The predicted molar refractivity (Wildman–Crippen MR) is 55.5 cm³/mol. The van der Waals surface area contributed by atoms with Gasteiger partial charge in [-0.25, -0.2) is 9.78 Å². The Labute approximate surface area is 84.7 Å². The van der Waals surface area contributed by atoms with Crippen molar-refractivity contribution >= 4 is 27.5 Å². The number of fused-ring (bicyclic) bond motifs is 1. The van der Waals surface area contributed by atoms with Crippen LogP contribution in [0.15, 0.2) is 36.9 Å². The molecule has 4 heteroatoms. The highest BCUT2D eigenvalue weighted by Gasteiger charge is 2.06. The molecule has 0 aliphatic carbocycles. The highest BCUT2D eigenvalue weighted by molar-refractivity contribution is 7.20.